The molecule has 0 unspecified atom stereocenters. The Balaban J connectivity index is 1.74. The zero-order chi connectivity index (χ0) is 21.9. The first-order valence-electron chi connectivity index (χ1n) is 9.15. The smallest absolute Gasteiger partial charge is 0.417 e. The SMILES string of the molecule is COc1cc(OC)cc(C(=O)N2CCN(c3ccc(C#N)c(C(F)(F)F)c3)CC2)c1. The molecule has 2 aromatic rings. The van der Waals surface area contributed by atoms with Gasteiger partial charge in [0.15, 0.2) is 0 Å². The minimum Gasteiger partial charge on any atom is -0.497 e. The zero-order valence-corrected chi connectivity index (χ0v) is 16.5. The molecule has 0 bridgehead atoms. The van der Waals surface area contributed by atoms with E-state index in [-0.39, 0.29) is 5.91 Å². The Morgan fingerprint density at radius 2 is 1.60 bits per heavy atom. The maximum Gasteiger partial charge on any atom is 0.417 e. The van der Waals surface area contributed by atoms with Crippen LogP contribution in [0.15, 0.2) is 36.4 Å². The quantitative estimate of drug-likeness (QED) is 0.758. The Bertz CT molecular complexity index is 955. The molecule has 0 atom stereocenters. The molecule has 9 heteroatoms. The minimum absolute atomic E-state index is 0.206. The number of anilines is 1. The molecule has 1 amide bonds. The molecule has 30 heavy (non-hydrogen) atoms. The van der Waals surface area contributed by atoms with Gasteiger partial charge in [0.1, 0.15) is 11.5 Å². The first kappa shape index (κ1) is 21.3. The Morgan fingerprint density at radius 1 is 1.00 bits per heavy atom. The number of nitrogens with zero attached hydrogens (tertiary/aromatic N) is 3. The summed E-state index contributed by atoms with van der Waals surface area (Å²) < 4.78 is 50.0. The van der Waals surface area contributed by atoms with E-state index in [1.54, 1.807) is 34.1 Å². The standard InChI is InChI=1S/C21H20F3N3O3/c1-29-17-9-15(10-18(12-17)30-2)20(28)27-7-5-26(6-8-27)16-4-3-14(13-25)19(11-16)21(22,23)24/h3-4,9-12H,5-8H2,1-2H3. The first-order valence-corrected chi connectivity index (χ1v) is 9.15. The summed E-state index contributed by atoms with van der Waals surface area (Å²) in [6.45, 7) is 1.44. The highest BCUT2D eigenvalue weighted by Crippen LogP contribution is 2.34. The summed E-state index contributed by atoms with van der Waals surface area (Å²) >= 11 is 0. The summed E-state index contributed by atoms with van der Waals surface area (Å²) in [5, 5.41) is 8.94. The summed E-state index contributed by atoms with van der Waals surface area (Å²) in [6, 6.07) is 10.1. The van der Waals surface area contributed by atoms with E-state index in [0.29, 0.717) is 48.9 Å². The molecule has 0 radical (unpaired) electrons. The molecule has 1 aliphatic rings. The number of hydrogen-bond acceptors (Lipinski definition) is 5. The van der Waals surface area contributed by atoms with E-state index in [0.717, 1.165) is 6.07 Å². The molecule has 0 aromatic heterocycles. The van der Waals surface area contributed by atoms with Crippen molar-refractivity contribution in [2.45, 2.75) is 6.18 Å². The number of carbonyl (C=O) groups is 1. The lowest BCUT2D eigenvalue weighted by Crippen LogP contribution is -2.48. The Hall–Kier alpha value is -3.41. The van der Waals surface area contributed by atoms with Gasteiger partial charge in [-0.3, -0.25) is 4.79 Å². The topological polar surface area (TPSA) is 65.8 Å². The van der Waals surface area contributed by atoms with Crippen molar-refractivity contribution in [3.8, 4) is 17.6 Å². The second-order valence-corrected chi connectivity index (χ2v) is 6.72. The summed E-state index contributed by atoms with van der Waals surface area (Å²) in [5.41, 5.74) is -0.578. The van der Waals surface area contributed by atoms with Crippen molar-refractivity contribution in [2.75, 3.05) is 45.3 Å². The summed E-state index contributed by atoms with van der Waals surface area (Å²) in [6.07, 6.45) is -4.61. The number of alkyl halides is 3. The Kier molecular flexibility index (Phi) is 6.06. The molecule has 3 rings (SSSR count). The first-order chi connectivity index (χ1) is 14.3. The van der Waals surface area contributed by atoms with Crippen molar-refractivity contribution in [1.82, 2.24) is 4.90 Å². The Morgan fingerprint density at radius 3 is 2.10 bits per heavy atom. The molecule has 1 saturated heterocycles. The van der Waals surface area contributed by atoms with Gasteiger partial charge in [-0.2, -0.15) is 18.4 Å². The number of hydrogen-bond donors (Lipinski definition) is 0. The van der Waals surface area contributed by atoms with Crippen LogP contribution in [-0.2, 0) is 6.18 Å². The van der Waals surface area contributed by atoms with E-state index < -0.39 is 17.3 Å². The second-order valence-electron chi connectivity index (χ2n) is 6.72. The lowest BCUT2D eigenvalue weighted by atomic mass is 10.1. The number of ether oxygens (including phenoxy) is 2. The maximum atomic E-state index is 13.2. The summed E-state index contributed by atoms with van der Waals surface area (Å²) in [7, 11) is 2.99. The van der Waals surface area contributed by atoms with Gasteiger partial charge < -0.3 is 19.3 Å². The predicted molar refractivity (Wildman–Crippen MR) is 104 cm³/mol. The highest BCUT2D eigenvalue weighted by molar-refractivity contribution is 5.95. The third-order valence-corrected chi connectivity index (χ3v) is 4.96. The third-order valence-electron chi connectivity index (χ3n) is 4.96. The van der Waals surface area contributed by atoms with Gasteiger partial charge in [-0.1, -0.05) is 0 Å². The van der Waals surface area contributed by atoms with Gasteiger partial charge in [0.05, 0.1) is 31.4 Å². The lowest BCUT2D eigenvalue weighted by Gasteiger charge is -2.36. The van der Waals surface area contributed by atoms with Crippen LogP contribution in [0, 0.1) is 11.3 Å². The van der Waals surface area contributed by atoms with E-state index >= 15 is 0 Å². The molecular formula is C21H20F3N3O3. The molecular weight excluding hydrogens is 399 g/mol. The second kappa shape index (κ2) is 8.53. The van der Waals surface area contributed by atoms with Gasteiger partial charge in [0.2, 0.25) is 0 Å². The van der Waals surface area contributed by atoms with Gasteiger partial charge in [-0.05, 0) is 30.3 Å². The average molecular weight is 419 g/mol. The van der Waals surface area contributed by atoms with Crippen LogP contribution in [-0.4, -0.2) is 51.2 Å². The van der Waals surface area contributed by atoms with Crippen LogP contribution in [0.3, 0.4) is 0 Å². The van der Waals surface area contributed by atoms with Crippen molar-refractivity contribution in [1.29, 1.82) is 5.26 Å². The number of amides is 1. The third kappa shape index (κ3) is 4.43. The summed E-state index contributed by atoms with van der Waals surface area (Å²) in [4.78, 5) is 16.3. The fourth-order valence-electron chi connectivity index (χ4n) is 3.34. The molecule has 158 valence electrons. The molecule has 0 N–H and O–H groups in total. The fraction of sp³-hybridized carbons (Fsp3) is 0.333. The number of piperazine rings is 1. The molecule has 0 spiro atoms. The van der Waals surface area contributed by atoms with E-state index in [1.165, 1.54) is 26.4 Å². The van der Waals surface area contributed by atoms with Gasteiger partial charge in [0.25, 0.3) is 5.91 Å². The zero-order valence-electron chi connectivity index (χ0n) is 16.5. The monoisotopic (exact) mass is 419 g/mol. The van der Waals surface area contributed by atoms with Crippen molar-refractivity contribution >= 4 is 11.6 Å². The highest BCUT2D eigenvalue weighted by atomic mass is 19.4. The minimum atomic E-state index is -4.61. The van der Waals surface area contributed by atoms with Gasteiger partial charge in [0, 0.05) is 43.5 Å². The number of methoxy groups -OCH3 is 2. The van der Waals surface area contributed by atoms with E-state index in [2.05, 4.69) is 0 Å². The largest absolute Gasteiger partial charge is 0.497 e. The van der Waals surface area contributed by atoms with Crippen molar-refractivity contribution in [2.24, 2.45) is 0 Å². The molecule has 1 heterocycles. The Labute approximate surface area is 172 Å². The van der Waals surface area contributed by atoms with Crippen LogP contribution in [0.1, 0.15) is 21.5 Å². The van der Waals surface area contributed by atoms with Crippen molar-refractivity contribution in [3.63, 3.8) is 0 Å². The number of benzene rings is 2. The molecule has 2 aromatic carbocycles. The van der Waals surface area contributed by atoms with Crippen LogP contribution in [0.25, 0.3) is 0 Å². The van der Waals surface area contributed by atoms with Crippen molar-refractivity contribution < 1.29 is 27.4 Å². The lowest BCUT2D eigenvalue weighted by molar-refractivity contribution is -0.137. The predicted octanol–water partition coefficient (Wildman–Crippen LogP) is 3.56. The number of rotatable bonds is 4. The van der Waals surface area contributed by atoms with Crippen LogP contribution in [0.2, 0.25) is 0 Å². The normalized spacial score (nSPS) is 14.3. The molecule has 0 saturated carbocycles. The van der Waals surface area contributed by atoms with Crippen LogP contribution < -0.4 is 14.4 Å². The van der Waals surface area contributed by atoms with E-state index in [9.17, 15) is 18.0 Å². The van der Waals surface area contributed by atoms with Crippen LogP contribution in [0.5, 0.6) is 11.5 Å². The molecule has 1 aliphatic heterocycles. The summed E-state index contributed by atoms with van der Waals surface area (Å²) in [5.74, 6) is 0.782. The highest BCUT2D eigenvalue weighted by Gasteiger charge is 2.34. The average Bonchev–Trinajstić information content (AvgIpc) is 2.77. The molecule has 0 aliphatic carbocycles. The van der Waals surface area contributed by atoms with Crippen molar-refractivity contribution in [3.05, 3.63) is 53.1 Å². The van der Waals surface area contributed by atoms with Crippen LogP contribution in [0.4, 0.5) is 18.9 Å². The van der Waals surface area contributed by atoms with Gasteiger partial charge >= 0.3 is 6.18 Å². The number of carbonyl (C=O) groups excluding carboxylic acids is 1. The van der Waals surface area contributed by atoms with E-state index in [4.69, 9.17) is 14.7 Å². The van der Waals surface area contributed by atoms with Gasteiger partial charge in [-0.25, -0.2) is 0 Å². The number of halogens is 3. The molecule has 1 fully saturated rings. The molecule has 6 nitrogen and oxygen atoms in total. The fourth-order valence-corrected chi connectivity index (χ4v) is 3.34. The maximum absolute atomic E-state index is 13.2. The van der Waals surface area contributed by atoms with Gasteiger partial charge in [-0.15, -0.1) is 0 Å². The van der Waals surface area contributed by atoms with Crippen LogP contribution >= 0.6 is 0 Å². The van der Waals surface area contributed by atoms with E-state index in [1.807, 2.05) is 0 Å². The number of nitriles is 1.